The van der Waals surface area contributed by atoms with E-state index in [2.05, 4.69) is 36.7 Å². The van der Waals surface area contributed by atoms with Gasteiger partial charge in [-0.05, 0) is 50.9 Å². The van der Waals surface area contributed by atoms with Crippen LogP contribution in [0.25, 0.3) is 0 Å². The maximum absolute atomic E-state index is 12.0. The number of hydrogen-bond donors (Lipinski definition) is 4. The topological polar surface area (TPSA) is 118 Å². The predicted molar refractivity (Wildman–Crippen MR) is 144 cm³/mol. The number of alkyl carbamates (subject to hydrolysis) is 2. The van der Waals surface area contributed by atoms with Crippen molar-refractivity contribution in [3.63, 3.8) is 0 Å². The molecule has 1 aromatic carbocycles. The van der Waals surface area contributed by atoms with Crippen LogP contribution in [0.4, 0.5) is 9.59 Å². The summed E-state index contributed by atoms with van der Waals surface area (Å²) in [7, 11) is -1.86. The molecule has 1 rings (SSSR count). The summed E-state index contributed by atoms with van der Waals surface area (Å²) in [4.78, 5) is 23.9. The van der Waals surface area contributed by atoms with Crippen LogP contribution in [0.3, 0.4) is 0 Å². The molecule has 1 aromatic rings. The van der Waals surface area contributed by atoms with Crippen LogP contribution in [0, 0.1) is 0 Å². The molecule has 0 aliphatic carbocycles. The second-order valence-corrected chi connectivity index (χ2v) is 14.7. The molecule has 0 bridgehead atoms. The SMILES string of the molecule is CC[Si](CC)(CC)OC(CCNC(=O)OC(C)(C)C)CNCC(O)CNC(=O)OCc1ccccc1. The molecular formula is C26H47N3O6Si. The molecule has 2 unspecified atom stereocenters. The molecule has 2 amide bonds. The molecule has 10 heteroatoms. The first-order valence-electron chi connectivity index (χ1n) is 13.0. The van der Waals surface area contributed by atoms with Gasteiger partial charge in [0.15, 0.2) is 8.32 Å². The molecule has 0 aliphatic rings. The van der Waals surface area contributed by atoms with Gasteiger partial charge in [-0.25, -0.2) is 9.59 Å². The number of amides is 2. The minimum Gasteiger partial charge on any atom is -0.445 e. The highest BCUT2D eigenvalue weighted by Gasteiger charge is 2.32. The Hall–Kier alpha value is -2.14. The molecule has 4 N–H and O–H groups in total. The van der Waals surface area contributed by atoms with Crippen molar-refractivity contribution in [3.8, 4) is 0 Å². The molecule has 0 aromatic heterocycles. The second kappa shape index (κ2) is 16.6. The molecule has 206 valence electrons. The Bertz CT molecular complexity index is 748. The third-order valence-corrected chi connectivity index (χ3v) is 10.6. The van der Waals surface area contributed by atoms with Crippen molar-refractivity contribution in [2.24, 2.45) is 0 Å². The molecule has 0 spiro atoms. The van der Waals surface area contributed by atoms with Crippen molar-refractivity contribution in [2.75, 3.05) is 26.2 Å². The summed E-state index contributed by atoms with van der Waals surface area (Å²) in [6.45, 7) is 13.5. The van der Waals surface area contributed by atoms with Gasteiger partial charge in [0, 0.05) is 26.2 Å². The van der Waals surface area contributed by atoms with Gasteiger partial charge < -0.3 is 35.0 Å². The van der Waals surface area contributed by atoms with Crippen LogP contribution in [0.1, 0.15) is 53.5 Å². The van der Waals surface area contributed by atoms with E-state index in [4.69, 9.17) is 13.9 Å². The molecule has 36 heavy (non-hydrogen) atoms. The number of aliphatic hydroxyl groups excluding tert-OH is 1. The maximum Gasteiger partial charge on any atom is 0.407 e. The molecule has 9 nitrogen and oxygen atoms in total. The normalized spacial score (nSPS) is 13.5. The number of carbonyl (C=O) groups is 2. The summed E-state index contributed by atoms with van der Waals surface area (Å²) in [5.41, 5.74) is 0.349. The summed E-state index contributed by atoms with van der Waals surface area (Å²) in [5.74, 6) is 0. The van der Waals surface area contributed by atoms with E-state index in [1.807, 2.05) is 51.1 Å². The van der Waals surface area contributed by atoms with Crippen molar-refractivity contribution >= 4 is 20.5 Å². The summed E-state index contributed by atoms with van der Waals surface area (Å²) in [5, 5.41) is 18.9. The molecule has 0 saturated heterocycles. The predicted octanol–water partition coefficient (Wildman–Crippen LogP) is 4.17. The largest absolute Gasteiger partial charge is 0.445 e. The first-order valence-corrected chi connectivity index (χ1v) is 15.5. The van der Waals surface area contributed by atoms with Gasteiger partial charge in [0.1, 0.15) is 12.2 Å². The van der Waals surface area contributed by atoms with Gasteiger partial charge in [-0.3, -0.25) is 0 Å². The van der Waals surface area contributed by atoms with E-state index < -0.39 is 32.2 Å². The van der Waals surface area contributed by atoms with Crippen LogP contribution in [0.2, 0.25) is 18.1 Å². The summed E-state index contributed by atoms with van der Waals surface area (Å²) in [6, 6.07) is 12.5. The fraction of sp³-hybridized carbons (Fsp3) is 0.692. The van der Waals surface area contributed by atoms with Crippen LogP contribution >= 0.6 is 0 Å². The highest BCUT2D eigenvalue weighted by Crippen LogP contribution is 2.24. The fourth-order valence-corrected chi connectivity index (χ4v) is 6.57. The lowest BCUT2D eigenvalue weighted by molar-refractivity contribution is 0.0519. The van der Waals surface area contributed by atoms with Crippen LogP contribution in [0.5, 0.6) is 0 Å². The molecular weight excluding hydrogens is 478 g/mol. The number of rotatable bonds is 16. The smallest absolute Gasteiger partial charge is 0.407 e. The van der Waals surface area contributed by atoms with E-state index in [0.29, 0.717) is 19.5 Å². The van der Waals surface area contributed by atoms with E-state index in [1.54, 1.807) is 0 Å². The van der Waals surface area contributed by atoms with E-state index in [0.717, 1.165) is 23.7 Å². The zero-order valence-electron chi connectivity index (χ0n) is 22.9. The first kappa shape index (κ1) is 31.9. The Kier molecular flexibility index (Phi) is 14.7. The van der Waals surface area contributed by atoms with Gasteiger partial charge in [-0.15, -0.1) is 0 Å². The molecule has 0 radical (unpaired) electrons. The third-order valence-electron chi connectivity index (χ3n) is 5.93. The number of aliphatic hydroxyl groups is 1. The van der Waals surface area contributed by atoms with Gasteiger partial charge >= 0.3 is 12.2 Å². The number of hydrogen-bond acceptors (Lipinski definition) is 7. The molecule has 0 heterocycles. The number of carbonyl (C=O) groups excluding carboxylic acids is 2. The number of nitrogens with one attached hydrogen (secondary N) is 3. The summed E-state index contributed by atoms with van der Waals surface area (Å²) >= 11 is 0. The van der Waals surface area contributed by atoms with Crippen LogP contribution < -0.4 is 16.0 Å². The maximum atomic E-state index is 12.0. The lowest BCUT2D eigenvalue weighted by Gasteiger charge is -2.34. The van der Waals surface area contributed by atoms with Gasteiger partial charge in [0.25, 0.3) is 0 Å². The van der Waals surface area contributed by atoms with E-state index >= 15 is 0 Å². The highest BCUT2D eigenvalue weighted by atomic mass is 28.4. The number of ether oxygens (including phenoxy) is 2. The Morgan fingerprint density at radius 1 is 0.944 bits per heavy atom. The Morgan fingerprint density at radius 3 is 2.17 bits per heavy atom. The molecule has 0 fully saturated rings. The average Bonchev–Trinajstić information content (AvgIpc) is 2.84. The Morgan fingerprint density at radius 2 is 1.58 bits per heavy atom. The minimum absolute atomic E-state index is 0.0733. The van der Waals surface area contributed by atoms with Gasteiger partial charge in [-0.2, -0.15) is 0 Å². The fourth-order valence-electron chi connectivity index (χ4n) is 3.66. The van der Waals surface area contributed by atoms with Crippen LogP contribution in [0.15, 0.2) is 30.3 Å². The first-order chi connectivity index (χ1) is 17.0. The molecule has 0 aliphatic heterocycles. The van der Waals surface area contributed by atoms with Crippen LogP contribution in [-0.2, 0) is 20.5 Å². The van der Waals surface area contributed by atoms with Crippen LogP contribution in [-0.4, -0.2) is 69.6 Å². The monoisotopic (exact) mass is 525 g/mol. The van der Waals surface area contributed by atoms with E-state index in [1.165, 1.54) is 0 Å². The standard InChI is InChI=1S/C26H47N3O6Si/c1-7-36(8-2,9-3)35-23(15-16-28-25(32)34-26(4,5)6)19-27-17-22(30)18-29-24(31)33-20-21-13-11-10-12-14-21/h10-14,22-23,27,30H,7-9,15-20H2,1-6H3,(H,28,32)(H,29,31). The third kappa shape index (κ3) is 13.8. The van der Waals surface area contributed by atoms with E-state index in [-0.39, 0.29) is 25.8 Å². The summed E-state index contributed by atoms with van der Waals surface area (Å²) in [6.07, 6.45) is -1.28. The average molecular weight is 526 g/mol. The number of benzene rings is 1. The van der Waals surface area contributed by atoms with E-state index in [9.17, 15) is 14.7 Å². The zero-order chi connectivity index (χ0) is 27.0. The quantitative estimate of drug-likeness (QED) is 0.239. The Labute approximate surface area is 217 Å². The lowest BCUT2D eigenvalue weighted by Crippen LogP contribution is -2.46. The summed E-state index contributed by atoms with van der Waals surface area (Å²) < 4.78 is 17.1. The zero-order valence-corrected chi connectivity index (χ0v) is 23.9. The van der Waals surface area contributed by atoms with Crippen molar-refractivity contribution < 1.29 is 28.6 Å². The Balaban J connectivity index is 2.47. The molecule has 2 atom stereocenters. The second-order valence-electron chi connectivity index (χ2n) is 9.96. The van der Waals surface area contributed by atoms with Crippen molar-refractivity contribution in [2.45, 2.75) is 90.5 Å². The molecule has 0 saturated carbocycles. The van der Waals surface area contributed by atoms with Crippen molar-refractivity contribution in [1.82, 2.24) is 16.0 Å². The van der Waals surface area contributed by atoms with Crippen molar-refractivity contribution in [3.05, 3.63) is 35.9 Å². The van der Waals surface area contributed by atoms with Gasteiger partial charge in [0.2, 0.25) is 0 Å². The minimum atomic E-state index is -1.86. The van der Waals surface area contributed by atoms with Gasteiger partial charge in [0.05, 0.1) is 12.2 Å². The lowest BCUT2D eigenvalue weighted by atomic mass is 10.2. The van der Waals surface area contributed by atoms with Gasteiger partial charge in [-0.1, -0.05) is 51.1 Å². The highest BCUT2D eigenvalue weighted by molar-refractivity contribution is 6.73. The van der Waals surface area contributed by atoms with Crippen molar-refractivity contribution in [1.29, 1.82) is 0 Å².